The topological polar surface area (TPSA) is 49.9 Å². The molecule has 2 unspecified atom stereocenters. The van der Waals surface area contributed by atoms with Gasteiger partial charge in [-0.3, -0.25) is 9.69 Å². The first kappa shape index (κ1) is 15.5. The van der Waals surface area contributed by atoms with Crippen LogP contribution in [-0.4, -0.2) is 60.0 Å². The molecule has 4 atom stereocenters. The molecular formula is C17H26N2O3. The van der Waals surface area contributed by atoms with Gasteiger partial charge in [-0.2, -0.15) is 0 Å². The van der Waals surface area contributed by atoms with E-state index in [0.29, 0.717) is 43.1 Å². The summed E-state index contributed by atoms with van der Waals surface area (Å²) in [6.45, 7) is 8.76. The first-order valence-electron chi connectivity index (χ1n) is 8.44. The number of carbonyl (C=O) groups excluding carboxylic acids is 2. The van der Waals surface area contributed by atoms with Gasteiger partial charge in [0, 0.05) is 44.6 Å². The fourth-order valence-corrected chi connectivity index (χ4v) is 4.58. The number of ether oxygens (including phenoxy) is 1. The number of carbonyl (C=O) groups is 2. The van der Waals surface area contributed by atoms with Crippen molar-refractivity contribution < 1.29 is 14.3 Å². The van der Waals surface area contributed by atoms with Crippen LogP contribution in [0.4, 0.5) is 4.79 Å². The maximum Gasteiger partial charge on any atom is 0.410 e. The Kier molecular flexibility index (Phi) is 4.52. The minimum Gasteiger partial charge on any atom is -0.450 e. The van der Waals surface area contributed by atoms with Gasteiger partial charge in [0.2, 0.25) is 0 Å². The molecule has 0 N–H and O–H groups in total. The summed E-state index contributed by atoms with van der Waals surface area (Å²) in [6, 6.07) is 0.408. The molecule has 3 aliphatic rings. The average molecular weight is 306 g/mol. The van der Waals surface area contributed by atoms with E-state index in [1.54, 1.807) is 0 Å². The first-order valence-corrected chi connectivity index (χ1v) is 8.44. The summed E-state index contributed by atoms with van der Waals surface area (Å²) in [6.07, 6.45) is 4.89. The van der Waals surface area contributed by atoms with Crippen LogP contribution in [0, 0.1) is 11.8 Å². The SMILES string of the molecule is C=CCC1[C@H]2C[C@@H](CN3CCC(=O)CC23)CN1C(=O)OCC. The largest absolute Gasteiger partial charge is 0.450 e. The average Bonchev–Trinajstić information content (AvgIpc) is 2.50. The third kappa shape index (κ3) is 2.78. The van der Waals surface area contributed by atoms with E-state index < -0.39 is 0 Å². The van der Waals surface area contributed by atoms with Crippen molar-refractivity contribution in [3.05, 3.63) is 12.7 Å². The molecule has 122 valence electrons. The van der Waals surface area contributed by atoms with Crippen LogP contribution in [0.2, 0.25) is 0 Å². The van der Waals surface area contributed by atoms with Crippen LogP contribution in [0.5, 0.6) is 0 Å². The summed E-state index contributed by atoms with van der Waals surface area (Å²) >= 11 is 0. The summed E-state index contributed by atoms with van der Waals surface area (Å²) < 4.78 is 5.25. The van der Waals surface area contributed by atoms with E-state index in [0.717, 1.165) is 32.5 Å². The minimum atomic E-state index is -0.209. The molecule has 0 aromatic rings. The van der Waals surface area contributed by atoms with Crippen molar-refractivity contribution in [2.45, 2.75) is 44.7 Å². The number of piperidine rings is 3. The maximum atomic E-state index is 12.3. The monoisotopic (exact) mass is 306 g/mol. The highest BCUT2D eigenvalue weighted by Gasteiger charge is 2.49. The highest BCUT2D eigenvalue weighted by molar-refractivity contribution is 5.80. The molecule has 3 fully saturated rings. The third-order valence-electron chi connectivity index (χ3n) is 5.44. The number of amides is 1. The lowest BCUT2D eigenvalue weighted by Gasteiger charge is -2.55. The lowest BCUT2D eigenvalue weighted by Crippen LogP contribution is -2.64. The Morgan fingerprint density at radius 1 is 1.45 bits per heavy atom. The molecule has 3 saturated heterocycles. The molecule has 3 heterocycles. The highest BCUT2D eigenvalue weighted by atomic mass is 16.6. The fourth-order valence-electron chi connectivity index (χ4n) is 4.58. The fraction of sp³-hybridized carbons (Fsp3) is 0.765. The second-order valence-electron chi connectivity index (χ2n) is 6.76. The van der Waals surface area contributed by atoms with Crippen LogP contribution in [0.1, 0.15) is 32.6 Å². The molecule has 0 saturated carbocycles. The quantitative estimate of drug-likeness (QED) is 0.749. The number of rotatable bonds is 3. The molecule has 5 nitrogen and oxygen atoms in total. The summed E-state index contributed by atoms with van der Waals surface area (Å²) in [7, 11) is 0. The maximum absolute atomic E-state index is 12.3. The van der Waals surface area contributed by atoms with Crippen molar-refractivity contribution in [2.75, 3.05) is 26.2 Å². The van der Waals surface area contributed by atoms with Gasteiger partial charge in [-0.25, -0.2) is 4.79 Å². The molecule has 2 bridgehead atoms. The number of Topliss-reactive ketones (excluding diaryl/α,β-unsaturated/α-hetero) is 1. The van der Waals surface area contributed by atoms with Crippen LogP contribution in [-0.2, 0) is 9.53 Å². The summed E-state index contributed by atoms with van der Waals surface area (Å²) in [5, 5.41) is 0. The van der Waals surface area contributed by atoms with Gasteiger partial charge < -0.3 is 9.64 Å². The second-order valence-corrected chi connectivity index (χ2v) is 6.76. The third-order valence-corrected chi connectivity index (χ3v) is 5.44. The number of hydrogen-bond acceptors (Lipinski definition) is 4. The van der Waals surface area contributed by atoms with E-state index in [2.05, 4.69) is 11.5 Å². The zero-order valence-corrected chi connectivity index (χ0v) is 13.4. The van der Waals surface area contributed by atoms with Gasteiger partial charge in [-0.1, -0.05) is 6.08 Å². The van der Waals surface area contributed by atoms with E-state index >= 15 is 0 Å². The molecule has 0 radical (unpaired) electrons. The summed E-state index contributed by atoms with van der Waals surface area (Å²) in [4.78, 5) is 28.6. The molecule has 0 spiro atoms. The van der Waals surface area contributed by atoms with Crippen molar-refractivity contribution in [3.8, 4) is 0 Å². The van der Waals surface area contributed by atoms with E-state index in [9.17, 15) is 9.59 Å². The molecule has 0 aliphatic carbocycles. The zero-order valence-electron chi connectivity index (χ0n) is 13.4. The second kappa shape index (κ2) is 6.41. The molecule has 5 heteroatoms. The lowest BCUT2D eigenvalue weighted by atomic mass is 9.71. The number of hydrogen-bond donors (Lipinski definition) is 0. The normalized spacial score (nSPS) is 35.0. The van der Waals surface area contributed by atoms with Crippen LogP contribution < -0.4 is 0 Å². The van der Waals surface area contributed by atoms with Crippen molar-refractivity contribution in [2.24, 2.45) is 11.8 Å². The molecule has 0 aromatic heterocycles. The lowest BCUT2D eigenvalue weighted by molar-refractivity contribution is -0.129. The van der Waals surface area contributed by atoms with Crippen molar-refractivity contribution >= 4 is 11.9 Å². The predicted octanol–water partition coefficient (Wildman–Crippen LogP) is 2.07. The molecule has 3 rings (SSSR count). The Hall–Kier alpha value is -1.36. The zero-order chi connectivity index (χ0) is 15.7. The Labute approximate surface area is 132 Å². The van der Waals surface area contributed by atoms with Gasteiger partial charge in [0.05, 0.1) is 6.61 Å². The molecular weight excluding hydrogens is 280 g/mol. The Balaban J connectivity index is 1.84. The molecule has 1 amide bonds. The molecule has 3 aliphatic heterocycles. The van der Waals surface area contributed by atoms with Crippen LogP contribution in [0.25, 0.3) is 0 Å². The van der Waals surface area contributed by atoms with Crippen LogP contribution in [0.3, 0.4) is 0 Å². The number of likely N-dealkylation sites (tertiary alicyclic amines) is 1. The number of nitrogens with zero attached hydrogens (tertiary/aromatic N) is 2. The van der Waals surface area contributed by atoms with E-state index in [1.807, 2.05) is 17.9 Å². The van der Waals surface area contributed by atoms with E-state index in [4.69, 9.17) is 4.74 Å². The predicted molar refractivity (Wildman–Crippen MR) is 83.5 cm³/mol. The Bertz CT molecular complexity index is 465. The van der Waals surface area contributed by atoms with Gasteiger partial charge >= 0.3 is 6.09 Å². The van der Waals surface area contributed by atoms with Crippen molar-refractivity contribution in [1.29, 1.82) is 0 Å². The number of fused-ring (bicyclic) bond motifs is 4. The van der Waals surface area contributed by atoms with Crippen LogP contribution in [0.15, 0.2) is 12.7 Å². The summed E-state index contributed by atoms with van der Waals surface area (Å²) in [5.74, 6) is 1.23. The van der Waals surface area contributed by atoms with Crippen molar-refractivity contribution in [1.82, 2.24) is 9.80 Å². The minimum absolute atomic E-state index is 0.117. The summed E-state index contributed by atoms with van der Waals surface area (Å²) in [5.41, 5.74) is 0. The first-order chi connectivity index (χ1) is 10.6. The highest BCUT2D eigenvalue weighted by Crippen LogP contribution is 2.41. The van der Waals surface area contributed by atoms with Crippen molar-refractivity contribution in [3.63, 3.8) is 0 Å². The smallest absolute Gasteiger partial charge is 0.410 e. The van der Waals surface area contributed by atoms with Gasteiger partial charge in [0.1, 0.15) is 5.78 Å². The van der Waals surface area contributed by atoms with Gasteiger partial charge in [0.15, 0.2) is 0 Å². The Morgan fingerprint density at radius 2 is 2.27 bits per heavy atom. The van der Waals surface area contributed by atoms with E-state index in [-0.39, 0.29) is 12.1 Å². The molecule has 0 aromatic carbocycles. The van der Waals surface area contributed by atoms with Gasteiger partial charge in [0.25, 0.3) is 0 Å². The van der Waals surface area contributed by atoms with Gasteiger partial charge in [-0.15, -0.1) is 6.58 Å². The standard InChI is InChI=1S/C17H26N2O3/c1-3-5-15-14-8-12(11-19(15)17(21)22-4-2)10-18-7-6-13(20)9-16(14)18/h3,12,14-16H,1,4-11H2,2H3/t12-,14+,15?,16?/m0/s1. The molecule has 22 heavy (non-hydrogen) atoms. The van der Waals surface area contributed by atoms with Crippen LogP contribution >= 0.6 is 0 Å². The van der Waals surface area contributed by atoms with E-state index in [1.165, 1.54) is 0 Å². The van der Waals surface area contributed by atoms with Gasteiger partial charge in [-0.05, 0) is 31.6 Å². The number of ketones is 1. The Morgan fingerprint density at radius 3 is 3.00 bits per heavy atom.